The number of carbonyl (C=O) groups excluding carboxylic acids is 1. The molecule has 0 bridgehead atoms. The van der Waals surface area contributed by atoms with Crippen molar-refractivity contribution in [1.29, 1.82) is 0 Å². The Bertz CT molecular complexity index is 636. The average Bonchev–Trinajstić information content (AvgIpc) is 3.04. The van der Waals surface area contributed by atoms with Crippen LogP contribution >= 0.6 is 0 Å². The molecule has 1 aliphatic heterocycles. The predicted molar refractivity (Wildman–Crippen MR) is 70.8 cm³/mol. The molecule has 1 N–H and O–H groups in total. The lowest BCUT2D eigenvalue weighted by molar-refractivity contribution is -0.116. The minimum Gasteiger partial charge on any atom is -0.454 e. The largest absolute Gasteiger partial charge is 0.454 e. The van der Waals surface area contributed by atoms with Crippen LogP contribution in [-0.2, 0) is 11.2 Å². The van der Waals surface area contributed by atoms with E-state index in [1.165, 1.54) is 0 Å². The van der Waals surface area contributed by atoms with Crippen molar-refractivity contribution < 1.29 is 18.7 Å². The fraction of sp³-hybridized carbons (Fsp3) is 0.286. The molecule has 0 atom stereocenters. The van der Waals surface area contributed by atoms with Crippen molar-refractivity contribution in [3.05, 3.63) is 36.0 Å². The normalized spacial score (nSPS) is 12.4. The van der Waals surface area contributed by atoms with Crippen LogP contribution in [0.2, 0.25) is 0 Å². The fourth-order valence-corrected chi connectivity index (χ4v) is 1.96. The standard InChI is InChI=1S/C14H14N2O4/c1-9-15-11(7-18-9)3-5-14(17)16-10-2-4-12-13(6-10)20-8-19-12/h2,4,6-7H,3,5,8H2,1H3,(H,16,17). The van der Waals surface area contributed by atoms with E-state index in [4.69, 9.17) is 13.9 Å². The first-order chi connectivity index (χ1) is 9.70. The molecule has 0 unspecified atom stereocenters. The van der Waals surface area contributed by atoms with Crippen molar-refractivity contribution in [2.75, 3.05) is 12.1 Å². The Morgan fingerprint density at radius 1 is 1.35 bits per heavy atom. The van der Waals surface area contributed by atoms with Gasteiger partial charge in [0.2, 0.25) is 12.7 Å². The van der Waals surface area contributed by atoms with E-state index >= 15 is 0 Å². The molecule has 20 heavy (non-hydrogen) atoms. The number of rotatable bonds is 4. The van der Waals surface area contributed by atoms with Crippen LogP contribution < -0.4 is 14.8 Å². The van der Waals surface area contributed by atoms with Crippen LogP contribution in [0.25, 0.3) is 0 Å². The lowest BCUT2D eigenvalue weighted by Gasteiger charge is -2.05. The first-order valence-corrected chi connectivity index (χ1v) is 6.31. The van der Waals surface area contributed by atoms with Crippen LogP contribution in [0.4, 0.5) is 5.69 Å². The summed E-state index contributed by atoms with van der Waals surface area (Å²) >= 11 is 0. The van der Waals surface area contributed by atoms with Crippen molar-refractivity contribution in [3.63, 3.8) is 0 Å². The number of hydrogen-bond acceptors (Lipinski definition) is 5. The summed E-state index contributed by atoms with van der Waals surface area (Å²) in [5.74, 6) is 1.87. The number of oxazole rings is 1. The van der Waals surface area contributed by atoms with E-state index in [0.717, 1.165) is 5.69 Å². The van der Waals surface area contributed by atoms with E-state index in [-0.39, 0.29) is 12.7 Å². The highest BCUT2D eigenvalue weighted by molar-refractivity contribution is 5.91. The number of anilines is 1. The molecule has 0 fully saturated rings. The van der Waals surface area contributed by atoms with Crippen molar-refractivity contribution in [1.82, 2.24) is 4.98 Å². The molecule has 0 aliphatic carbocycles. The van der Waals surface area contributed by atoms with E-state index < -0.39 is 0 Å². The van der Waals surface area contributed by atoms with Crippen LogP contribution in [0.1, 0.15) is 18.0 Å². The average molecular weight is 274 g/mol. The van der Waals surface area contributed by atoms with Gasteiger partial charge >= 0.3 is 0 Å². The summed E-state index contributed by atoms with van der Waals surface area (Å²) in [7, 11) is 0. The summed E-state index contributed by atoms with van der Waals surface area (Å²) in [5.41, 5.74) is 1.47. The highest BCUT2D eigenvalue weighted by Crippen LogP contribution is 2.34. The maximum atomic E-state index is 11.9. The zero-order chi connectivity index (χ0) is 13.9. The number of nitrogens with one attached hydrogen (secondary N) is 1. The minimum absolute atomic E-state index is 0.0791. The molecule has 1 aromatic heterocycles. The Labute approximate surface area is 115 Å². The number of amides is 1. The molecule has 1 aliphatic rings. The topological polar surface area (TPSA) is 73.6 Å². The van der Waals surface area contributed by atoms with E-state index in [1.807, 2.05) is 0 Å². The van der Waals surface area contributed by atoms with Gasteiger partial charge in [-0.2, -0.15) is 0 Å². The van der Waals surface area contributed by atoms with E-state index in [9.17, 15) is 4.79 Å². The zero-order valence-electron chi connectivity index (χ0n) is 11.0. The second-order valence-electron chi connectivity index (χ2n) is 4.47. The molecule has 104 valence electrons. The molecule has 0 radical (unpaired) electrons. The summed E-state index contributed by atoms with van der Waals surface area (Å²) in [6.07, 6.45) is 2.47. The monoisotopic (exact) mass is 274 g/mol. The van der Waals surface area contributed by atoms with Gasteiger partial charge in [-0.3, -0.25) is 4.79 Å². The number of fused-ring (bicyclic) bond motifs is 1. The highest BCUT2D eigenvalue weighted by Gasteiger charge is 2.14. The van der Waals surface area contributed by atoms with Crippen LogP contribution in [0, 0.1) is 6.92 Å². The van der Waals surface area contributed by atoms with Crippen molar-refractivity contribution in [3.8, 4) is 11.5 Å². The van der Waals surface area contributed by atoms with Gasteiger partial charge in [0.1, 0.15) is 6.26 Å². The summed E-state index contributed by atoms with van der Waals surface area (Å²) in [5, 5.41) is 2.82. The van der Waals surface area contributed by atoms with Gasteiger partial charge in [-0.25, -0.2) is 4.98 Å². The Morgan fingerprint density at radius 2 is 2.20 bits per heavy atom. The number of aromatic nitrogens is 1. The van der Waals surface area contributed by atoms with Gasteiger partial charge in [0.15, 0.2) is 17.4 Å². The molecular formula is C14H14N2O4. The number of nitrogens with zero attached hydrogens (tertiary/aromatic N) is 1. The minimum atomic E-state index is -0.0791. The van der Waals surface area contributed by atoms with Crippen LogP contribution in [0.5, 0.6) is 11.5 Å². The van der Waals surface area contributed by atoms with Crippen LogP contribution in [-0.4, -0.2) is 17.7 Å². The second kappa shape index (κ2) is 5.24. The summed E-state index contributed by atoms with van der Waals surface area (Å²) in [6, 6.07) is 5.31. The summed E-state index contributed by atoms with van der Waals surface area (Å²) in [6.45, 7) is 1.99. The molecule has 2 aromatic rings. The summed E-state index contributed by atoms with van der Waals surface area (Å²) in [4.78, 5) is 16.0. The van der Waals surface area contributed by atoms with Gasteiger partial charge < -0.3 is 19.2 Å². The molecule has 2 heterocycles. The molecular weight excluding hydrogens is 260 g/mol. The number of benzene rings is 1. The first-order valence-electron chi connectivity index (χ1n) is 6.31. The molecule has 6 heteroatoms. The maximum Gasteiger partial charge on any atom is 0.231 e. The quantitative estimate of drug-likeness (QED) is 0.925. The molecule has 0 spiro atoms. The number of carbonyl (C=O) groups is 1. The smallest absolute Gasteiger partial charge is 0.231 e. The first kappa shape index (κ1) is 12.5. The van der Waals surface area contributed by atoms with Crippen molar-refractivity contribution in [2.45, 2.75) is 19.8 Å². The van der Waals surface area contributed by atoms with Gasteiger partial charge in [0.25, 0.3) is 0 Å². The Morgan fingerprint density at radius 3 is 3.00 bits per heavy atom. The van der Waals surface area contributed by atoms with E-state index in [0.29, 0.717) is 35.9 Å². The van der Waals surface area contributed by atoms with Crippen molar-refractivity contribution >= 4 is 11.6 Å². The van der Waals surface area contributed by atoms with Crippen LogP contribution in [0.15, 0.2) is 28.9 Å². The van der Waals surface area contributed by atoms with Gasteiger partial charge in [-0.05, 0) is 12.1 Å². The Balaban J connectivity index is 1.56. The third-order valence-electron chi connectivity index (χ3n) is 2.93. The van der Waals surface area contributed by atoms with Gasteiger partial charge in [0.05, 0.1) is 5.69 Å². The van der Waals surface area contributed by atoms with Crippen molar-refractivity contribution in [2.24, 2.45) is 0 Å². The fourth-order valence-electron chi connectivity index (χ4n) is 1.96. The lowest BCUT2D eigenvalue weighted by atomic mass is 10.2. The number of hydrogen-bond donors (Lipinski definition) is 1. The molecule has 0 saturated carbocycles. The molecule has 0 saturated heterocycles. The van der Waals surface area contributed by atoms with E-state index in [1.54, 1.807) is 31.4 Å². The Hall–Kier alpha value is -2.50. The SMILES string of the molecule is Cc1nc(CCC(=O)Nc2ccc3c(c2)OCO3)co1. The zero-order valence-corrected chi connectivity index (χ0v) is 11.0. The summed E-state index contributed by atoms with van der Waals surface area (Å²) < 4.78 is 15.6. The maximum absolute atomic E-state index is 11.9. The second-order valence-corrected chi connectivity index (χ2v) is 4.47. The molecule has 6 nitrogen and oxygen atoms in total. The third kappa shape index (κ3) is 2.74. The molecule has 3 rings (SSSR count). The lowest BCUT2D eigenvalue weighted by Crippen LogP contribution is -2.12. The molecule has 1 amide bonds. The predicted octanol–water partition coefficient (Wildman–Crippen LogP) is 2.28. The number of aryl methyl sites for hydroxylation is 2. The van der Waals surface area contributed by atoms with E-state index in [2.05, 4.69) is 10.3 Å². The Kier molecular flexibility index (Phi) is 3.28. The van der Waals surface area contributed by atoms with Crippen LogP contribution in [0.3, 0.4) is 0 Å². The highest BCUT2D eigenvalue weighted by atomic mass is 16.7. The van der Waals surface area contributed by atoms with Gasteiger partial charge in [-0.1, -0.05) is 0 Å². The third-order valence-corrected chi connectivity index (χ3v) is 2.93. The van der Waals surface area contributed by atoms with Gasteiger partial charge in [-0.15, -0.1) is 0 Å². The number of ether oxygens (including phenoxy) is 2. The molecule has 1 aromatic carbocycles. The van der Waals surface area contributed by atoms with Gasteiger partial charge in [0, 0.05) is 31.5 Å².